The van der Waals surface area contributed by atoms with Gasteiger partial charge in [0.15, 0.2) is 17.9 Å². The summed E-state index contributed by atoms with van der Waals surface area (Å²) in [5, 5.41) is 0. The summed E-state index contributed by atoms with van der Waals surface area (Å²) in [7, 11) is 0. The van der Waals surface area contributed by atoms with Crippen molar-refractivity contribution in [1.82, 2.24) is 19.5 Å². The molecule has 1 atom stereocenters. The van der Waals surface area contributed by atoms with Gasteiger partial charge in [-0.15, -0.1) is 0 Å². The van der Waals surface area contributed by atoms with Crippen LogP contribution in [-0.2, 0) is 9.47 Å². The molecule has 3 heterocycles. The normalized spacial score (nSPS) is 21.2. The highest BCUT2D eigenvalue weighted by Crippen LogP contribution is 2.26. The van der Waals surface area contributed by atoms with Gasteiger partial charge in [0.2, 0.25) is 0 Å². The van der Waals surface area contributed by atoms with E-state index < -0.39 is 0 Å². The number of rotatable bonds is 1. The fourth-order valence-electron chi connectivity index (χ4n) is 1.57. The Kier molecular flexibility index (Phi) is 1.79. The van der Waals surface area contributed by atoms with E-state index in [2.05, 4.69) is 15.0 Å². The lowest BCUT2D eigenvalue weighted by Crippen LogP contribution is -2.15. The first-order valence-corrected chi connectivity index (χ1v) is 4.48. The van der Waals surface area contributed by atoms with Gasteiger partial charge in [0.05, 0.1) is 6.61 Å². The number of imidazole rings is 1. The van der Waals surface area contributed by atoms with Crippen molar-refractivity contribution < 1.29 is 9.47 Å². The molecule has 0 aromatic rings. The van der Waals surface area contributed by atoms with E-state index in [0.717, 1.165) is 0 Å². The molecular weight excluding hydrogens is 198 g/mol. The minimum Gasteiger partial charge on any atom is -0.382 e. The van der Waals surface area contributed by atoms with E-state index >= 15 is 0 Å². The number of nitrogen functional groups attached to an aromatic ring is 1. The fraction of sp³-hybridized carbons (Fsp3) is 0.375. The van der Waals surface area contributed by atoms with Crippen molar-refractivity contribution in [3.8, 4) is 11.5 Å². The van der Waals surface area contributed by atoms with Gasteiger partial charge in [0.25, 0.3) is 0 Å². The van der Waals surface area contributed by atoms with E-state index in [-0.39, 0.29) is 13.0 Å². The van der Waals surface area contributed by atoms with E-state index in [9.17, 15) is 0 Å². The van der Waals surface area contributed by atoms with Gasteiger partial charge >= 0.3 is 0 Å². The summed E-state index contributed by atoms with van der Waals surface area (Å²) in [6, 6.07) is 0. The molecule has 2 N–H and O–H groups in total. The predicted molar refractivity (Wildman–Crippen MR) is 49.8 cm³/mol. The van der Waals surface area contributed by atoms with Gasteiger partial charge in [-0.3, -0.25) is 4.57 Å². The van der Waals surface area contributed by atoms with E-state index in [0.29, 0.717) is 23.9 Å². The maximum atomic E-state index is 5.67. The first-order chi connectivity index (χ1) is 7.36. The third-order valence-corrected chi connectivity index (χ3v) is 2.30. The number of fused-ring (bicyclic) bond motifs is 1. The summed E-state index contributed by atoms with van der Waals surface area (Å²) in [6.45, 7) is 0.774. The molecule has 78 valence electrons. The zero-order valence-electron chi connectivity index (χ0n) is 7.83. The SMILES string of the molecule is Nc1ncn(C2COCO2)c2ncnc1-2. The second-order valence-corrected chi connectivity index (χ2v) is 3.19. The molecule has 1 fully saturated rings. The maximum Gasteiger partial charge on any atom is 0.167 e. The van der Waals surface area contributed by atoms with Crippen molar-refractivity contribution in [2.24, 2.45) is 0 Å². The summed E-state index contributed by atoms with van der Waals surface area (Å²) >= 11 is 0. The Morgan fingerprint density at radius 1 is 1.40 bits per heavy atom. The molecular formula is C8H9N5O2. The highest BCUT2D eigenvalue weighted by Gasteiger charge is 2.24. The van der Waals surface area contributed by atoms with Crippen molar-refractivity contribution in [3.63, 3.8) is 0 Å². The van der Waals surface area contributed by atoms with E-state index in [1.54, 1.807) is 10.9 Å². The Hall–Kier alpha value is -1.73. The summed E-state index contributed by atoms with van der Waals surface area (Å²) in [6.07, 6.45) is 2.85. The average molecular weight is 207 g/mol. The number of nitrogens with two attached hydrogens (primary N) is 1. The standard InChI is InChI=1S/C8H9N5O2/c9-7-6-8(11-2-10-6)13(3-12-7)5-1-14-4-15-5/h2-3,5H,1,4,9H2. The summed E-state index contributed by atoms with van der Waals surface area (Å²) < 4.78 is 12.2. The first-order valence-electron chi connectivity index (χ1n) is 4.48. The third kappa shape index (κ3) is 1.24. The van der Waals surface area contributed by atoms with Crippen LogP contribution >= 0.6 is 0 Å². The monoisotopic (exact) mass is 207 g/mol. The van der Waals surface area contributed by atoms with Gasteiger partial charge in [-0.05, 0) is 0 Å². The molecule has 15 heavy (non-hydrogen) atoms. The minimum atomic E-state index is -0.197. The second kappa shape index (κ2) is 3.14. The minimum absolute atomic E-state index is 0.197. The molecule has 1 unspecified atom stereocenters. The summed E-state index contributed by atoms with van der Waals surface area (Å²) in [5.41, 5.74) is 6.26. The molecule has 7 nitrogen and oxygen atoms in total. The molecule has 0 bridgehead atoms. The summed E-state index contributed by atoms with van der Waals surface area (Å²) in [5.74, 6) is 1.04. The average Bonchev–Trinajstić information content (AvgIpc) is 2.88. The Morgan fingerprint density at radius 2 is 2.33 bits per heavy atom. The molecule has 3 aliphatic rings. The zero-order valence-corrected chi connectivity index (χ0v) is 7.83. The van der Waals surface area contributed by atoms with Crippen LogP contribution in [0.2, 0.25) is 0 Å². The number of hydrogen-bond acceptors (Lipinski definition) is 6. The van der Waals surface area contributed by atoms with Crippen molar-refractivity contribution in [3.05, 3.63) is 12.7 Å². The Balaban J connectivity index is 2.11. The van der Waals surface area contributed by atoms with Crippen LogP contribution in [0.25, 0.3) is 11.5 Å². The molecule has 1 saturated heterocycles. The van der Waals surface area contributed by atoms with E-state index in [1.165, 1.54) is 6.33 Å². The first kappa shape index (κ1) is 8.57. The van der Waals surface area contributed by atoms with Crippen LogP contribution in [0.5, 0.6) is 0 Å². The van der Waals surface area contributed by atoms with Crippen molar-refractivity contribution in [2.45, 2.75) is 6.23 Å². The quantitative estimate of drug-likeness (QED) is 0.700. The Bertz CT molecular complexity index is 451. The number of aromatic nitrogens is 4. The number of ether oxygens (including phenoxy) is 2. The Labute approximate surface area is 85.2 Å². The van der Waals surface area contributed by atoms with Gasteiger partial charge < -0.3 is 15.2 Å². The lowest BCUT2D eigenvalue weighted by molar-refractivity contribution is 0.0233. The Morgan fingerprint density at radius 3 is 3.13 bits per heavy atom. The molecule has 0 aromatic carbocycles. The van der Waals surface area contributed by atoms with E-state index in [1.807, 2.05) is 0 Å². The van der Waals surface area contributed by atoms with Crippen LogP contribution in [0.15, 0.2) is 12.7 Å². The zero-order chi connectivity index (χ0) is 10.3. The molecule has 3 rings (SSSR count). The van der Waals surface area contributed by atoms with E-state index in [4.69, 9.17) is 15.2 Å². The number of anilines is 1. The second-order valence-electron chi connectivity index (χ2n) is 3.19. The van der Waals surface area contributed by atoms with Gasteiger partial charge in [0.1, 0.15) is 25.1 Å². The van der Waals surface area contributed by atoms with Crippen molar-refractivity contribution in [1.29, 1.82) is 0 Å². The molecule has 0 radical (unpaired) electrons. The third-order valence-electron chi connectivity index (χ3n) is 2.30. The number of nitrogens with zero attached hydrogens (tertiary/aromatic N) is 4. The topological polar surface area (TPSA) is 88.1 Å². The van der Waals surface area contributed by atoms with Gasteiger partial charge in [-0.1, -0.05) is 0 Å². The van der Waals surface area contributed by atoms with Crippen LogP contribution in [0, 0.1) is 0 Å². The molecule has 3 aliphatic heterocycles. The van der Waals surface area contributed by atoms with Crippen LogP contribution in [0.1, 0.15) is 6.23 Å². The predicted octanol–water partition coefficient (Wildman–Crippen LogP) is -0.137. The highest BCUT2D eigenvalue weighted by atomic mass is 16.7. The maximum absolute atomic E-state index is 5.67. The lowest BCUT2D eigenvalue weighted by Gasteiger charge is -2.15. The lowest BCUT2D eigenvalue weighted by atomic mass is 10.3. The molecule has 0 spiro atoms. The molecule has 0 amide bonds. The van der Waals surface area contributed by atoms with Crippen LogP contribution < -0.4 is 5.73 Å². The van der Waals surface area contributed by atoms with Crippen molar-refractivity contribution >= 4 is 5.82 Å². The van der Waals surface area contributed by atoms with Gasteiger partial charge in [0, 0.05) is 0 Å². The highest BCUT2D eigenvalue weighted by molar-refractivity contribution is 5.64. The van der Waals surface area contributed by atoms with Crippen molar-refractivity contribution in [2.75, 3.05) is 19.1 Å². The summed E-state index contributed by atoms with van der Waals surface area (Å²) in [4.78, 5) is 12.2. The number of hydrogen-bond donors (Lipinski definition) is 1. The van der Waals surface area contributed by atoms with Crippen LogP contribution in [0.4, 0.5) is 5.82 Å². The van der Waals surface area contributed by atoms with Crippen LogP contribution in [0.3, 0.4) is 0 Å². The largest absolute Gasteiger partial charge is 0.382 e. The molecule has 0 aliphatic carbocycles. The van der Waals surface area contributed by atoms with Gasteiger partial charge in [-0.2, -0.15) is 0 Å². The fourth-order valence-corrected chi connectivity index (χ4v) is 1.57. The molecule has 7 heteroatoms. The smallest absolute Gasteiger partial charge is 0.167 e. The van der Waals surface area contributed by atoms with Gasteiger partial charge in [-0.25, -0.2) is 15.0 Å². The van der Waals surface area contributed by atoms with Crippen LogP contribution in [-0.4, -0.2) is 32.9 Å². The molecule has 0 saturated carbocycles. The molecule has 0 aromatic heterocycles.